The normalized spacial score (nSPS) is 11.6. The van der Waals surface area contributed by atoms with E-state index in [1.54, 1.807) is 6.92 Å². The van der Waals surface area contributed by atoms with E-state index in [2.05, 4.69) is 23.2 Å². The molecular weight excluding hydrogens is 175 g/mol. The fourth-order valence-electron chi connectivity index (χ4n) is 0.458. The Morgan fingerprint density at radius 2 is 1.83 bits per heavy atom. The predicted molar refractivity (Wildman–Crippen MR) is 49.4 cm³/mol. The number of carbonyl (C=O) groups excluding carboxylic acids is 2. The molecule has 0 aromatic rings. The molecule has 0 aliphatic carbocycles. The molecular formula is C6H9BN2O2S. The molecule has 2 N–H and O–H groups in total. The Hall–Kier alpha value is -0.905. The molecule has 12 heavy (non-hydrogen) atoms. The van der Waals surface area contributed by atoms with Crippen molar-refractivity contribution in [3.8, 4) is 0 Å². The van der Waals surface area contributed by atoms with E-state index >= 15 is 0 Å². The lowest BCUT2D eigenvalue weighted by atomic mass is 10.3. The average molecular weight is 184 g/mol. The van der Waals surface area contributed by atoms with Gasteiger partial charge in [-0.2, -0.15) is 0 Å². The van der Waals surface area contributed by atoms with Crippen molar-refractivity contribution in [3.05, 3.63) is 10.6 Å². The summed E-state index contributed by atoms with van der Waals surface area (Å²) in [4.78, 5) is 21.5. The van der Waals surface area contributed by atoms with Crippen LogP contribution in [0.15, 0.2) is 10.6 Å². The molecule has 2 amide bonds. The largest absolute Gasteiger partial charge is 0.440 e. The summed E-state index contributed by atoms with van der Waals surface area (Å²) in [5.41, 5.74) is 0.400. The number of hydrogen-bond acceptors (Lipinski definition) is 4. The van der Waals surface area contributed by atoms with Crippen molar-refractivity contribution in [1.29, 1.82) is 0 Å². The Morgan fingerprint density at radius 1 is 1.33 bits per heavy atom. The zero-order valence-electron chi connectivity index (χ0n) is 6.84. The van der Waals surface area contributed by atoms with E-state index in [1.807, 2.05) is 0 Å². The third kappa shape index (κ3) is 3.48. The minimum atomic E-state index is -0.568. The van der Waals surface area contributed by atoms with Crippen LogP contribution in [0.1, 0.15) is 13.8 Å². The monoisotopic (exact) mass is 184 g/mol. The van der Waals surface area contributed by atoms with Crippen LogP contribution in [0.25, 0.3) is 0 Å². The first-order valence-electron chi connectivity index (χ1n) is 3.17. The lowest BCUT2D eigenvalue weighted by Crippen LogP contribution is -2.29. The fourth-order valence-corrected chi connectivity index (χ4v) is 0.578. The molecule has 0 bridgehead atoms. The van der Waals surface area contributed by atoms with Crippen molar-refractivity contribution in [2.75, 3.05) is 0 Å². The highest BCUT2D eigenvalue weighted by atomic mass is 32.1. The highest BCUT2D eigenvalue weighted by Crippen LogP contribution is 2.04. The van der Waals surface area contributed by atoms with E-state index in [1.165, 1.54) is 6.92 Å². The number of rotatable bonds is 2. The van der Waals surface area contributed by atoms with Crippen LogP contribution in [-0.2, 0) is 9.59 Å². The van der Waals surface area contributed by atoms with Gasteiger partial charge in [-0.25, -0.2) is 0 Å². The van der Waals surface area contributed by atoms with Crippen molar-refractivity contribution >= 4 is 32.4 Å². The number of amides is 2. The summed E-state index contributed by atoms with van der Waals surface area (Å²) in [6.45, 7) is 2.81. The molecule has 0 aromatic carbocycles. The summed E-state index contributed by atoms with van der Waals surface area (Å²) in [6, 6.07) is 0. The molecule has 0 saturated carbocycles. The maximum Gasteiger partial charge on any atom is 0.265 e. The van der Waals surface area contributed by atoms with Crippen molar-refractivity contribution in [2.24, 2.45) is 0 Å². The van der Waals surface area contributed by atoms with Crippen LogP contribution >= 0.6 is 12.6 Å². The van der Waals surface area contributed by atoms with Crippen molar-refractivity contribution in [2.45, 2.75) is 13.8 Å². The topological polar surface area (TPSA) is 58.2 Å². The van der Waals surface area contributed by atoms with Gasteiger partial charge in [0.2, 0.25) is 13.9 Å². The molecule has 0 saturated heterocycles. The lowest BCUT2D eigenvalue weighted by molar-refractivity contribution is -0.126. The maximum absolute atomic E-state index is 11.0. The Bertz CT molecular complexity index is 240. The molecule has 2 radical (unpaired) electrons. The van der Waals surface area contributed by atoms with Gasteiger partial charge >= 0.3 is 0 Å². The molecule has 0 unspecified atom stereocenters. The number of imide groups is 1. The van der Waals surface area contributed by atoms with E-state index in [4.69, 9.17) is 7.98 Å². The summed E-state index contributed by atoms with van der Waals surface area (Å²) in [7, 11) is 5.02. The minimum absolute atomic E-state index is 0.0905. The molecule has 0 aliphatic rings. The summed E-state index contributed by atoms with van der Waals surface area (Å²) in [5.74, 6) is -1.00. The molecule has 0 aliphatic heterocycles. The lowest BCUT2D eigenvalue weighted by Gasteiger charge is -2.04. The maximum atomic E-state index is 11.0. The van der Waals surface area contributed by atoms with Gasteiger partial charge in [0, 0.05) is 12.6 Å². The zero-order chi connectivity index (χ0) is 9.72. The van der Waals surface area contributed by atoms with Crippen LogP contribution in [0, 0.1) is 0 Å². The standard InChI is InChI=1S/C6H9BN2O2S/c1-3(9-7)5(12)6(11)8-4(2)10/h9,12H,1-2H3,(H,8,10,11)/b5-3+. The Kier molecular flexibility index (Phi) is 4.50. The van der Waals surface area contributed by atoms with Crippen molar-refractivity contribution in [3.63, 3.8) is 0 Å². The van der Waals surface area contributed by atoms with Gasteiger partial charge in [-0.15, -0.1) is 12.6 Å². The van der Waals surface area contributed by atoms with Crippen molar-refractivity contribution < 1.29 is 9.59 Å². The van der Waals surface area contributed by atoms with Crippen LogP contribution < -0.4 is 10.5 Å². The van der Waals surface area contributed by atoms with Gasteiger partial charge in [0.25, 0.3) is 5.91 Å². The summed E-state index contributed by atoms with van der Waals surface area (Å²) in [5, 5.41) is 4.30. The summed E-state index contributed by atoms with van der Waals surface area (Å²) < 4.78 is 0. The molecule has 0 heterocycles. The van der Waals surface area contributed by atoms with Gasteiger partial charge in [0.05, 0.1) is 4.91 Å². The predicted octanol–water partition coefficient (Wildman–Crippen LogP) is -0.517. The van der Waals surface area contributed by atoms with E-state index in [9.17, 15) is 9.59 Å². The molecule has 0 spiro atoms. The number of hydrogen-bond donors (Lipinski definition) is 3. The summed E-state index contributed by atoms with van der Waals surface area (Å²) in [6.07, 6.45) is 0. The minimum Gasteiger partial charge on any atom is -0.440 e. The van der Waals surface area contributed by atoms with Crippen LogP contribution in [0.5, 0.6) is 0 Å². The molecule has 0 aromatic heterocycles. The van der Waals surface area contributed by atoms with Gasteiger partial charge < -0.3 is 5.23 Å². The first-order chi connectivity index (χ1) is 5.49. The summed E-state index contributed by atoms with van der Waals surface area (Å²) >= 11 is 3.85. The fraction of sp³-hybridized carbons (Fsp3) is 0.333. The Morgan fingerprint density at radius 3 is 2.17 bits per heavy atom. The SMILES string of the molecule is [B]N/C(C)=C(/S)C(=O)NC(C)=O. The van der Waals surface area contributed by atoms with Gasteiger partial charge in [0.15, 0.2) is 0 Å². The quantitative estimate of drug-likeness (QED) is 0.307. The second-order valence-electron chi connectivity index (χ2n) is 2.13. The second kappa shape index (κ2) is 4.87. The Labute approximate surface area is 77.6 Å². The zero-order valence-corrected chi connectivity index (χ0v) is 7.74. The van der Waals surface area contributed by atoms with E-state index in [0.717, 1.165) is 0 Å². The average Bonchev–Trinajstić information content (AvgIpc) is 2.00. The van der Waals surface area contributed by atoms with Crippen molar-refractivity contribution in [1.82, 2.24) is 10.5 Å². The molecule has 64 valence electrons. The second-order valence-corrected chi connectivity index (χ2v) is 2.58. The highest BCUT2D eigenvalue weighted by molar-refractivity contribution is 7.85. The van der Waals surface area contributed by atoms with Gasteiger partial charge in [-0.05, 0) is 6.92 Å². The number of thiol groups is 1. The van der Waals surface area contributed by atoms with Gasteiger partial charge in [-0.3, -0.25) is 14.9 Å². The third-order valence-corrected chi connectivity index (χ3v) is 1.61. The number of carbonyl (C=O) groups is 2. The number of nitrogens with one attached hydrogen (secondary N) is 2. The molecule has 6 heteroatoms. The Balaban J connectivity index is 4.39. The third-order valence-electron chi connectivity index (χ3n) is 1.08. The van der Waals surface area contributed by atoms with Crippen LogP contribution in [0.3, 0.4) is 0 Å². The van der Waals surface area contributed by atoms with Gasteiger partial charge in [0.1, 0.15) is 0 Å². The van der Waals surface area contributed by atoms with Gasteiger partial charge in [-0.1, -0.05) is 0 Å². The highest BCUT2D eigenvalue weighted by Gasteiger charge is 2.08. The van der Waals surface area contributed by atoms with Crippen LogP contribution in [0.4, 0.5) is 0 Å². The molecule has 0 atom stereocenters. The smallest absolute Gasteiger partial charge is 0.265 e. The first kappa shape index (κ1) is 11.1. The molecule has 4 nitrogen and oxygen atoms in total. The molecule has 0 fully saturated rings. The number of allylic oxidation sites excluding steroid dienone is 1. The van der Waals surface area contributed by atoms with E-state index in [-0.39, 0.29) is 4.91 Å². The first-order valence-corrected chi connectivity index (χ1v) is 3.62. The van der Waals surface area contributed by atoms with E-state index in [0.29, 0.717) is 5.70 Å². The molecule has 0 rings (SSSR count). The van der Waals surface area contributed by atoms with E-state index < -0.39 is 11.8 Å². The van der Waals surface area contributed by atoms with Crippen LogP contribution in [0.2, 0.25) is 0 Å². The van der Waals surface area contributed by atoms with Crippen LogP contribution in [-0.4, -0.2) is 19.8 Å².